The lowest BCUT2D eigenvalue weighted by Gasteiger charge is -2.35. The van der Waals surface area contributed by atoms with Crippen LogP contribution >= 0.6 is 0 Å². The van der Waals surface area contributed by atoms with E-state index < -0.39 is 0 Å². The van der Waals surface area contributed by atoms with E-state index in [1.165, 1.54) is 31.5 Å². The third kappa shape index (κ3) is 5.04. The first-order chi connectivity index (χ1) is 12.7. The van der Waals surface area contributed by atoms with E-state index in [9.17, 15) is 0 Å². The van der Waals surface area contributed by atoms with Gasteiger partial charge in [-0.05, 0) is 63.3 Å². The fraction of sp³-hybridized carbons (Fsp3) is 0.650. The number of guanidine groups is 1. The fourth-order valence-corrected chi connectivity index (χ4v) is 3.62. The number of benzene rings is 1. The second kappa shape index (κ2) is 9.12. The van der Waals surface area contributed by atoms with Crippen molar-refractivity contribution >= 4 is 5.96 Å². The molecule has 2 aliphatic rings. The average molecular weight is 361 g/mol. The molecule has 144 valence electrons. The number of hydrogen-bond acceptors (Lipinski definition) is 4. The van der Waals surface area contributed by atoms with Crippen LogP contribution in [-0.2, 0) is 6.42 Å². The maximum atomic E-state index is 5.44. The monoisotopic (exact) mass is 360 g/mol. The Morgan fingerprint density at radius 3 is 2.92 bits per heavy atom. The minimum atomic E-state index is 0.322. The van der Waals surface area contributed by atoms with Crippen molar-refractivity contribution in [3.63, 3.8) is 0 Å². The van der Waals surface area contributed by atoms with Gasteiger partial charge in [0.2, 0.25) is 6.79 Å². The average Bonchev–Trinajstić information content (AvgIpc) is 3.12. The normalized spacial score (nSPS) is 20.5. The molecule has 1 unspecified atom stereocenters. The van der Waals surface area contributed by atoms with Crippen molar-refractivity contribution in [3.05, 3.63) is 23.8 Å². The highest BCUT2D eigenvalue weighted by Gasteiger charge is 2.21. The van der Waals surface area contributed by atoms with Crippen LogP contribution in [-0.4, -0.2) is 56.9 Å². The van der Waals surface area contributed by atoms with Gasteiger partial charge in [-0.3, -0.25) is 4.99 Å². The summed E-state index contributed by atoms with van der Waals surface area (Å²) in [4.78, 5) is 6.93. The molecule has 0 amide bonds. The number of nitrogens with zero attached hydrogens (tertiary/aromatic N) is 2. The summed E-state index contributed by atoms with van der Waals surface area (Å²) in [6, 6.07) is 6.77. The Kier molecular flexibility index (Phi) is 6.61. The van der Waals surface area contributed by atoms with Gasteiger partial charge in [0.05, 0.1) is 0 Å². The van der Waals surface area contributed by atoms with E-state index in [1.807, 2.05) is 13.1 Å². The van der Waals surface area contributed by atoms with Crippen molar-refractivity contribution in [2.75, 3.05) is 40.0 Å². The highest BCUT2D eigenvalue weighted by molar-refractivity contribution is 5.79. The molecule has 3 rings (SSSR count). The lowest BCUT2D eigenvalue weighted by Crippen LogP contribution is -2.46. The Morgan fingerprint density at radius 2 is 2.12 bits per heavy atom. The topological polar surface area (TPSA) is 58.1 Å². The molecule has 0 aromatic heterocycles. The van der Waals surface area contributed by atoms with E-state index in [-0.39, 0.29) is 0 Å². The van der Waals surface area contributed by atoms with E-state index in [0.717, 1.165) is 37.0 Å². The Balaban J connectivity index is 1.39. The zero-order valence-electron chi connectivity index (χ0n) is 16.3. The predicted molar refractivity (Wildman–Crippen MR) is 105 cm³/mol. The molecule has 26 heavy (non-hydrogen) atoms. The minimum Gasteiger partial charge on any atom is -0.454 e. The second-order valence-corrected chi connectivity index (χ2v) is 7.41. The van der Waals surface area contributed by atoms with Crippen LogP contribution in [0.3, 0.4) is 0 Å². The van der Waals surface area contributed by atoms with Crippen LogP contribution in [0.15, 0.2) is 23.2 Å². The largest absolute Gasteiger partial charge is 0.454 e. The molecule has 2 N–H and O–H groups in total. The van der Waals surface area contributed by atoms with Crippen molar-refractivity contribution in [1.29, 1.82) is 0 Å². The highest BCUT2D eigenvalue weighted by atomic mass is 16.7. The van der Waals surface area contributed by atoms with E-state index in [2.05, 4.69) is 46.5 Å². The second-order valence-electron chi connectivity index (χ2n) is 7.41. The van der Waals surface area contributed by atoms with Crippen molar-refractivity contribution < 1.29 is 9.47 Å². The van der Waals surface area contributed by atoms with Gasteiger partial charge >= 0.3 is 0 Å². The van der Waals surface area contributed by atoms with Crippen LogP contribution in [0.5, 0.6) is 11.5 Å². The van der Waals surface area contributed by atoms with E-state index in [1.54, 1.807) is 0 Å². The Labute approximate surface area is 157 Å². The summed E-state index contributed by atoms with van der Waals surface area (Å²) < 4.78 is 10.8. The maximum absolute atomic E-state index is 5.44. The number of hydrogen-bond donors (Lipinski definition) is 2. The summed E-state index contributed by atoms with van der Waals surface area (Å²) in [6.07, 6.45) is 3.51. The third-order valence-corrected chi connectivity index (χ3v) is 5.21. The molecule has 1 aromatic carbocycles. The predicted octanol–water partition coefficient (Wildman–Crippen LogP) is 2.24. The first-order valence-electron chi connectivity index (χ1n) is 9.73. The molecule has 0 saturated carbocycles. The molecule has 6 nitrogen and oxygen atoms in total. The van der Waals surface area contributed by atoms with Gasteiger partial charge in [-0.15, -0.1) is 0 Å². The first kappa shape index (κ1) is 18.8. The number of piperidine rings is 1. The van der Waals surface area contributed by atoms with Gasteiger partial charge in [0, 0.05) is 32.7 Å². The molecule has 0 aliphatic carbocycles. The van der Waals surface area contributed by atoms with E-state index >= 15 is 0 Å². The lowest BCUT2D eigenvalue weighted by atomic mass is 9.97. The summed E-state index contributed by atoms with van der Waals surface area (Å²) in [5.74, 6) is 3.25. The third-order valence-electron chi connectivity index (χ3n) is 5.21. The maximum Gasteiger partial charge on any atom is 0.231 e. The van der Waals surface area contributed by atoms with Crippen molar-refractivity contribution in [3.8, 4) is 11.5 Å². The molecular weight excluding hydrogens is 328 g/mol. The number of rotatable bonds is 6. The van der Waals surface area contributed by atoms with Crippen molar-refractivity contribution in [2.24, 2.45) is 10.9 Å². The number of ether oxygens (including phenoxy) is 2. The molecule has 6 heteroatoms. The van der Waals surface area contributed by atoms with Gasteiger partial charge in [0.1, 0.15) is 0 Å². The van der Waals surface area contributed by atoms with Gasteiger partial charge in [0.25, 0.3) is 0 Å². The number of likely N-dealkylation sites (tertiary alicyclic amines) is 1. The van der Waals surface area contributed by atoms with Crippen LogP contribution in [0.1, 0.15) is 32.3 Å². The molecule has 1 aromatic rings. The summed E-state index contributed by atoms with van der Waals surface area (Å²) in [7, 11) is 1.83. The zero-order chi connectivity index (χ0) is 18.4. The van der Waals surface area contributed by atoms with Crippen molar-refractivity contribution in [2.45, 2.75) is 39.2 Å². The highest BCUT2D eigenvalue weighted by Crippen LogP contribution is 2.32. The van der Waals surface area contributed by atoms with E-state index in [0.29, 0.717) is 18.8 Å². The molecule has 0 radical (unpaired) electrons. The van der Waals surface area contributed by atoms with Crippen LogP contribution < -0.4 is 20.1 Å². The zero-order valence-corrected chi connectivity index (χ0v) is 16.3. The number of nitrogens with one attached hydrogen (secondary N) is 2. The summed E-state index contributed by atoms with van der Waals surface area (Å²) in [5.41, 5.74) is 1.23. The fourth-order valence-electron chi connectivity index (χ4n) is 3.62. The molecule has 0 bridgehead atoms. The Bertz CT molecular complexity index is 618. The number of fused-ring (bicyclic) bond motifs is 1. The molecule has 2 aliphatic heterocycles. The van der Waals surface area contributed by atoms with Gasteiger partial charge in [-0.25, -0.2) is 0 Å². The quantitative estimate of drug-likeness (QED) is 0.602. The molecule has 1 atom stereocenters. The first-order valence-corrected chi connectivity index (χ1v) is 9.73. The summed E-state index contributed by atoms with van der Waals surface area (Å²) >= 11 is 0. The van der Waals surface area contributed by atoms with Gasteiger partial charge in [-0.1, -0.05) is 6.07 Å². The van der Waals surface area contributed by atoms with Crippen LogP contribution in [0.25, 0.3) is 0 Å². The Hall–Kier alpha value is -1.95. The molecule has 1 saturated heterocycles. The molecule has 0 spiro atoms. The minimum absolute atomic E-state index is 0.322. The molecular formula is C20H32N4O2. The summed E-state index contributed by atoms with van der Waals surface area (Å²) in [6.45, 7) is 9.12. The van der Waals surface area contributed by atoms with Crippen LogP contribution in [0, 0.1) is 5.92 Å². The van der Waals surface area contributed by atoms with Gasteiger partial charge in [0.15, 0.2) is 17.5 Å². The molecule has 1 fully saturated rings. The number of aliphatic imine (C=N–C) groups is 1. The lowest BCUT2D eigenvalue weighted by molar-refractivity contribution is 0.141. The van der Waals surface area contributed by atoms with Crippen LogP contribution in [0.2, 0.25) is 0 Å². The standard InChI is InChI=1S/C20H32N4O2/c1-15(2)24-10-4-5-17(13-24)12-23-20(21-3)22-9-8-16-6-7-18-19(11-16)26-14-25-18/h6-7,11,15,17H,4-5,8-10,12-14H2,1-3H3,(H2,21,22,23). The van der Waals surface area contributed by atoms with Crippen LogP contribution in [0.4, 0.5) is 0 Å². The SMILES string of the molecule is CN=C(NCCc1ccc2c(c1)OCO2)NCC1CCCN(C(C)C)C1. The van der Waals surface area contributed by atoms with Crippen molar-refractivity contribution in [1.82, 2.24) is 15.5 Å². The smallest absolute Gasteiger partial charge is 0.231 e. The molecule has 2 heterocycles. The van der Waals surface area contributed by atoms with Gasteiger partial charge in [-0.2, -0.15) is 0 Å². The Morgan fingerprint density at radius 1 is 1.27 bits per heavy atom. The van der Waals surface area contributed by atoms with Gasteiger partial charge < -0.3 is 25.0 Å². The summed E-state index contributed by atoms with van der Waals surface area (Å²) in [5, 5.41) is 6.91. The van der Waals surface area contributed by atoms with E-state index in [4.69, 9.17) is 9.47 Å².